The summed E-state index contributed by atoms with van der Waals surface area (Å²) in [5.74, 6) is 2.69. The normalized spacial score (nSPS) is 21.6. The van der Waals surface area contributed by atoms with Crippen LogP contribution in [-0.2, 0) is 12.8 Å². The van der Waals surface area contributed by atoms with Gasteiger partial charge in [0.2, 0.25) is 5.95 Å². The highest BCUT2D eigenvalue weighted by Crippen LogP contribution is 2.47. The molecule has 0 bridgehead atoms. The van der Waals surface area contributed by atoms with Crippen LogP contribution in [0.15, 0.2) is 42.7 Å². The Bertz CT molecular complexity index is 1290. The molecule has 0 atom stereocenters. The van der Waals surface area contributed by atoms with Crippen molar-refractivity contribution >= 4 is 23.1 Å². The predicted octanol–water partition coefficient (Wildman–Crippen LogP) is 6.38. The van der Waals surface area contributed by atoms with Crippen molar-refractivity contribution in [3.05, 3.63) is 54.0 Å². The maximum atomic E-state index is 6.19. The van der Waals surface area contributed by atoms with Gasteiger partial charge in [-0.1, -0.05) is 12.8 Å². The summed E-state index contributed by atoms with van der Waals surface area (Å²) in [5, 5.41) is 6.73. The van der Waals surface area contributed by atoms with Gasteiger partial charge in [-0.2, -0.15) is 4.98 Å². The van der Waals surface area contributed by atoms with Crippen molar-refractivity contribution < 1.29 is 12.3 Å². The Hall–Kier alpha value is -3.39. The number of rotatable bonds is 8. The van der Waals surface area contributed by atoms with Gasteiger partial charge < -0.3 is 25.0 Å². The minimum absolute atomic E-state index is 0. The largest absolute Gasteiger partial charge is 0.493 e. The van der Waals surface area contributed by atoms with Gasteiger partial charge in [-0.05, 0) is 94.3 Å². The lowest BCUT2D eigenvalue weighted by atomic mass is 9.72. The van der Waals surface area contributed by atoms with Crippen LogP contribution < -0.4 is 20.1 Å². The molecular weight excluding hydrogens is 476 g/mol. The van der Waals surface area contributed by atoms with Crippen LogP contribution in [0.5, 0.6) is 11.5 Å². The Labute approximate surface area is 228 Å². The van der Waals surface area contributed by atoms with E-state index in [1.54, 1.807) is 13.3 Å². The number of fused-ring (bicyclic) bond motifs is 1. The second-order valence-corrected chi connectivity index (χ2v) is 11.4. The third-order valence-corrected chi connectivity index (χ3v) is 8.62. The minimum atomic E-state index is 0. The zero-order valence-electron chi connectivity index (χ0n) is 22.7. The molecule has 204 valence electrons. The number of anilines is 4. The molecule has 0 amide bonds. The third kappa shape index (κ3) is 5.27. The number of aromatic nitrogens is 3. The van der Waals surface area contributed by atoms with E-state index in [9.17, 15) is 0 Å². The van der Waals surface area contributed by atoms with E-state index in [0.717, 1.165) is 48.6 Å². The first-order valence-corrected chi connectivity index (χ1v) is 13.8. The van der Waals surface area contributed by atoms with Gasteiger partial charge in [0.1, 0.15) is 11.9 Å². The summed E-state index contributed by atoms with van der Waals surface area (Å²) in [4.78, 5) is 16.1. The van der Waals surface area contributed by atoms with E-state index in [1.807, 2.05) is 30.5 Å². The molecule has 0 saturated heterocycles. The Morgan fingerprint density at radius 3 is 2.61 bits per heavy atom. The number of methoxy groups -OCH3 is 1. The Morgan fingerprint density at radius 1 is 0.974 bits per heavy atom. The first kappa shape index (κ1) is 24.9. The van der Waals surface area contributed by atoms with Gasteiger partial charge in [0, 0.05) is 32.5 Å². The van der Waals surface area contributed by atoms with E-state index in [1.165, 1.54) is 43.4 Å². The molecule has 8 heteroatoms. The van der Waals surface area contributed by atoms with Gasteiger partial charge in [-0.15, -0.1) is 0 Å². The van der Waals surface area contributed by atoms with Gasteiger partial charge in [0.15, 0.2) is 11.5 Å². The van der Waals surface area contributed by atoms with Gasteiger partial charge in [0.05, 0.1) is 19.0 Å². The maximum Gasteiger partial charge on any atom is 0.229 e. The molecule has 0 unspecified atom stereocenters. The smallest absolute Gasteiger partial charge is 0.229 e. The Morgan fingerprint density at radius 2 is 1.82 bits per heavy atom. The van der Waals surface area contributed by atoms with Gasteiger partial charge in [0.25, 0.3) is 0 Å². The zero-order chi connectivity index (χ0) is 26.1. The topological polar surface area (TPSA) is 84.4 Å². The lowest BCUT2D eigenvalue weighted by Gasteiger charge is -2.39. The summed E-state index contributed by atoms with van der Waals surface area (Å²) >= 11 is 0. The van der Waals surface area contributed by atoms with E-state index in [-0.39, 0.29) is 8.96 Å². The van der Waals surface area contributed by atoms with E-state index in [0.29, 0.717) is 23.2 Å². The molecule has 3 aromatic rings. The van der Waals surface area contributed by atoms with E-state index in [4.69, 9.17) is 14.5 Å². The van der Waals surface area contributed by atoms with Gasteiger partial charge >= 0.3 is 0 Å². The van der Waals surface area contributed by atoms with Gasteiger partial charge in [-0.3, -0.25) is 4.98 Å². The highest BCUT2D eigenvalue weighted by molar-refractivity contribution is 5.62. The molecule has 2 aromatic heterocycles. The minimum Gasteiger partial charge on any atom is -0.493 e. The summed E-state index contributed by atoms with van der Waals surface area (Å²) in [5.41, 5.74) is 4.97. The number of hydrogen-bond acceptors (Lipinski definition) is 8. The summed E-state index contributed by atoms with van der Waals surface area (Å²) in [6.07, 6.45) is 15.0. The fourth-order valence-corrected chi connectivity index (χ4v) is 6.26. The molecule has 8 nitrogen and oxygen atoms in total. The Balaban J connectivity index is 0.00000185. The van der Waals surface area contributed by atoms with Crippen molar-refractivity contribution in [1.82, 2.24) is 19.9 Å². The first-order chi connectivity index (χ1) is 18.5. The number of pyridine rings is 1. The van der Waals surface area contributed by atoms with Crippen LogP contribution >= 0.6 is 0 Å². The second-order valence-electron chi connectivity index (χ2n) is 11.4. The fraction of sp³-hybridized carbons (Fsp3) is 0.500. The van der Waals surface area contributed by atoms with Crippen molar-refractivity contribution in [2.75, 3.05) is 31.8 Å². The molecule has 2 N–H and O–H groups in total. The average molecular weight is 519 g/mol. The average Bonchev–Trinajstić information content (AvgIpc) is 3.33. The fourth-order valence-electron chi connectivity index (χ4n) is 6.26. The van der Waals surface area contributed by atoms with Crippen LogP contribution in [0.1, 0.15) is 59.1 Å². The Kier molecular flexibility index (Phi) is 6.82. The van der Waals surface area contributed by atoms with Crippen molar-refractivity contribution in [3.63, 3.8) is 0 Å². The number of nitrogens with one attached hydrogen (secondary N) is 2. The quantitative estimate of drug-likeness (QED) is 0.355. The lowest BCUT2D eigenvalue weighted by molar-refractivity contribution is 0.0383. The summed E-state index contributed by atoms with van der Waals surface area (Å²) in [6.45, 7) is 0. The number of aryl methyl sites for hydroxylation is 1. The van der Waals surface area contributed by atoms with E-state index >= 15 is 0 Å². The molecule has 1 aromatic carbocycles. The van der Waals surface area contributed by atoms with Crippen LogP contribution in [0.2, 0.25) is 0 Å². The number of ether oxygens (including phenoxy) is 2. The van der Waals surface area contributed by atoms with Crippen LogP contribution in [0, 0.1) is 5.41 Å². The monoisotopic (exact) mass is 518 g/mol. The number of benzene rings is 1. The molecule has 2 saturated carbocycles. The first-order valence-electron chi connectivity index (χ1n) is 13.8. The van der Waals surface area contributed by atoms with Crippen molar-refractivity contribution in [1.29, 1.82) is 0 Å². The van der Waals surface area contributed by atoms with Crippen LogP contribution in [0.4, 0.5) is 23.1 Å². The van der Waals surface area contributed by atoms with Crippen LogP contribution in [0.3, 0.4) is 0 Å². The summed E-state index contributed by atoms with van der Waals surface area (Å²) in [7, 11) is 5.89. The molecule has 2 fully saturated rings. The van der Waals surface area contributed by atoms with Crippen LogP contribution in [-0.4, -0.2) is 53.2 Å². The highest BCUT2D eigenvalue weighted by Gasteiger charge is 2.37. The van der Waals surface area contributed by atoms with Crippen LogP contribution in [0.25, 0.3) is 0 Å². The van der Waals surface area contributed by atoms with E-state index in [2.05, 4.69) is 45.7 Å². The predicted molar refractivity (Wildman–Crippen MR) is 154 cm³/mol. The molecule has 3 aliphatic rings. The van der Waals surface area contributed by atoms with Crippen molar-refractivity contribution in [2.45, 2.75) is 69.9 Å². The number of hydrogen-bond donors (Lipinski definition) is 2. The van der Waals surface area contributed by atoms with Crippen molar-refractivity contribution in [3.8, 4) is 11.5 Å². The second kappa shape index (κ2) is 10.4. The third-order valence-electron chi connectivity index (χ3n) is 8.62. The molecular formula is C30H42N6O2. The number of nitrogens with zero attached hydrogens (tertiary/aromatic N) is 4. The highest BCUT2D eigenvalue weighted by atomic mass is 16.5. The molecule has 2 heterocycles. The summed E-state index contributed by atoms with van der Waals surface area (Å²) < 4.78 is 11.8. The maximum absolute atomic E-state index is 6.19. The molecule has 3 aliphatic carbocycles. The molecule has 0 aliphatic heterocycles. The SMILES string of the molecule is COc1cc(Nc2nccc(Nc3cnc4c(c3)CC3(CCCC3)CC4)n2)ccc1OC1CC(N(C)C)C1.[HH].[HH]. The summed E-state index contributed by atoms with van der Waals surface area (Å²) in [6, 6.07) is 10.6. The van der Waals surface area contributed by atoms with E-state index < -0.39 is 0 Å². The standard InChI is InChI=1S/C30H38N6O2.2H2/c1-36(2)23-16-24(17-23)38-26-7-6-21(15-27(26)37-3)34-29-31-13-9-28(35-29)33-22-14-20-18-30(10-4-5-11-30)12-8-25(20)32-19-22;;/h6-7,9,13-15,19,23-24H,4-5,8,10-12,16-18H2,1-3H3,(H2,31,33,34,35);2*1H. The zero-order valence-corrected chi connectivity index (χ0v) is 22.7. The molecule has 38 heavy (non-hydrogen) atoms. The molecule has 6 rings (SSSR count). The molecule has 1 spiro atoms. The van der Waals surface area contributed by atoms with Crippen molar-refractivity contribution in [2.24, 2.45) is 5.41 Å². The van der Waals surface area contributed by atoms with Gasteiger partial charge in [-0.25, -0.2) is 4.98 Å². The lowest BCUT2D eigenvalue weighted by Crippen LogP contribution is -2.46. The molecule has 0 radical (unpaired) electrons.